The molecule has 2 aliphatic carbocycles. The van der Waals surface area contributed by atoms with Crippen LogP contribution >= 0.6 is 0 Å². The summed E-state index contributed by atoms with van der Waals surface area (Å²) in [6.07, 6.45) is 1.81. The van der Waals surface area contributed by atoms with Crippen LogP contribution in [0, 0.1) is 5.92 Å². The lowest BCUT2D eigenvalue weighted by Gasteiger charge is -2.20. The van der Waals surface area contributed by atoms with Crippen LogP contribution in [-0.2, 0) is 14.3 Å². The average Bonchev–Trinajstić information content (AvgIpc) is 3.52. The zero-order valence-corrected chi connectivity index (χ0v) is 17.3. The van der Waals surface area contributed by atoms with Gasteiger partial charge in [-0.3, -0.25) is 9.59 Å². The molecule has 2 aliphatic rings. The Labute approximate surface area is 180 Å². The molecule has 1 fully saturated rings. The van der Waals surface area contributed by atoms with E-state index in [9.17, 15) is 14.4 Å². The van der Waals surface area contributed by atoms with Crippen molar-refractivity contribution in [1.82, 2.24) is 10.6 Å². The normalized spacial score (nSPS) is 16.5. The smallest absolute Gasteiger partial charge is 0.407 e. The van der Waals surface area contributed by atoms with Crippen LogP contribution in [-0.4, -0.2) is 41.8 Å². The summed E-state index contributed by atoms with van der Waals surface area (Å²) in [5.41, 5.74) is 4.50. The number of carboxylic acid groups (broad SMARTS) is 1. The summed E-state index contributed by atoms with van der Waals surface area (Å²) in [6, 6.07) is 14.3. The number of amides is 2. The third-order valence-corrected chi connectivity index (χ3v) is 5.95. The van der Waals surface area contributed by atoms with E-state index in [1.807, 2.05) is 36.4 Å². The van der Waals surface area contributed by atoms with E-state index < -0.39 is 30.1 Å². The molecule has 2 aromatic carbocycles. The standard InChI is InChI=1S/C24H26N2O5/c1-14(23(28)29)25-22(27)21(12-15-10-11-15)26-24(30)31-13-20-18-8-4-2-6-16(18)17-7-3-5-9-19(17)20/h2-9,14-15,20-21H,10-13H2,1H3,(H,25,27)(H,26,30)(H,28,29)/t14-,21-/m0/s1. The Morgan fingerprint density at radius 2 is 1.58 bits per heavy atom. The van der Waals surface area contributed by atoms with E-state index in [4.69, 9.17) is 9.84 Å². The zero-order chi connectivity index (χ0) is 22.0. The molecule has 2 amide bonds. The van der Waals surface area contributed by atoms with Gasteiger partial charge in [-0.05, 0) is 41.5 Å². The second-order valence-corrected chi connectivity index (χ2v) is 8.27. The van der Waals surface area contributed by atoms with Crippen LogP contribution in [0.15, 0.2) is 48.5 Å². The molecular formula is C24H26N2O5. The molecule has 7 heteroatoms. The van der Waals surface area contributed by atoms with Gasteiger partial charge >= 0.3 is 12.1 Å². The molecule has 2 atom stereocenters. The minimum atomic E-state index is -1.13. The van der Waals surface area contributed by atoms with E-state index >= 15 is 0 Å². The van der Waals surface area contributed by atoms with Crippen molar-refractivity contribution < 1.29 is 24.2 Å². The summed E-state index contributed by atoms with van der Waals surface area (Å²) in [6.45, 7) is 1.55. The second-order valence-electron chi connectivity index (χ2n) is 8.27. The molecule has 0 heterocycles. The molecule has 162 valence electrons. The van der Waals surface area contributed by atoms with Crippen molar-refractivity contribution in [3.63, 3.8) is 0 Å². The lowest BCUT2D eigenvalue weighted by molar-refractivity contribution is -0.141. The van der Waals surface area contributed by atoms with Crippen molar-refractivity contribution in [2.24, 2.45) is 5.92 Å². The van der Waals surface area contributed by atoms with Gasteiger partial charge in [-0.2, -0.15) is 0 Å². The summed E-state index contributed by atoms with van der Waals surface area (Å²) in [5.74, 6) is -1.33. The van der Waals surface area contributed by atoms with Crippen LogP contribution < -0.4 is 10.6 Å². The first kappa shape index (κ1) is 20.9. The third-order valence-electron chi connectivity index (χ3n) is 5.95. The molecule has 3 N–H and O–H groups in total. The number of benzene rings is 2. The minimum absolute atomic E-state index is 0.0686. The summed E-state index contributed by atoms with van der Waals surface area (Å²) in [5, 5.41) is 14.1. The summed E-state index contributed by atoms with van der Waals surface area (Å²) in [4.78, 5) is 36.1. The minimum Gasteiger partial charge on any atom is -0.480 e. The summed E-state index contributed by atoms with van der Waals surface area (Å²) < 4.78 is 5.53. The Bertz CT molecular complexity index is 955. The molecule has 31 heavy (non-hydrogen) atoms. The largest absolute Gasteiger partial charge is 0.480 e. The van der Waals surface area contributed by atoms with E-state index in [0.717, 1.165) is 35.1 Å². The number of fused-ring (bicyclic) bond motifs is 3. The second kappa shape index (κ2) is 8.79. The van der Waals surface area contributed by atoms with Gasteiger partial charge in [0.1, 0.15) is 18.7 Å². The SMILES string of the molecule is C[C@H](NC(=O)[C@H](CC1CC1)NC(=O)OCC1c2ccccc2-c2ccccc21)C(=O)O. The third kappa shape index (κ3) is 4.71. The molecule has 0 radical (unpaired) electrons. The van der Waals surface area contributed by atoms with Gasteiger partial charge in [0.25, 0.3) is 0 Å². The lowest BCUT2D eigenvalue weighted by atomic mass is 9.98. The monoisotopic (exact) mass is 422 g/mol. The van der Waals surface area contributed by atoms with Gasteiger partial charge in [-0.25, -0.2) is 4.79 Å². The predicted octanol–water partition coefficient (Wildman–Crippen LogP) is 3.28. The fraction of sp³-hybridized carbons (Fsp3) is 0.375. The highest BCUT2D eigenvalue weighted by Gasteiger charge is 2.33. The number of carbonyl (C=O) groups is 3. The first-order chi connectivity index (χ1) is 14.9. The number of rotatable bonds is 8. The van der Waals surface area contributed by atoms with Crippen molar-refractivity contribution in [3.05, 3.63) is 59.7 Å². The van der Waals surface area contributed by atoms with Crippen LogP contribution in [0.25, 0.3) is 11.1 Å². The molecule has 0 saturated heterocycles. The molecule has 4 rings (SSSR count). The Morgan fingerprint density at radius 3 is 2.13 bits per heavy atom. The van der Waals surface area contributed by atoms with Crippen molar-refractivity contribution >= 4 is 18.0 Å². The Kier molecular flexibility index (Phi) is 5.93. The van der Waals surface area contributed by atoms with Crippen LogP contribution in [0.2, 0.25) is 0 Å². The summed E-state index contributed by atoms with van der Waals surface area (Å²) in [7, 11) is 0. The first-order valence-electron chi connectivity index (χ1n) is 10.6. The molecule has 0 unspecified atom stereocenters. The van der Waals surface area contributed by atoms with E-state index in [-0.39, 0.29) is 12.5 Å². The van der Waals surface area contributed by atoms with Gasteiger partial charge in [0.15, 0.2) is 0 Å². The van der Waals surface area contributed by atoms with Crippen LogP contribution in [0.1, 0.15) is 43.2 Å². The first-order valence-corrected chi connectivity index (χ1v) is 10.6. The van der Waals surface area contributed by atoms with Gasteiger partial charge in [0.2, 0.25) is 5.91 Å². The zero-order valence-electron chi connectivity index (χ0n) is 17.3. The maximum absolute atomic E-state index is 12.5. The number of hydrogen-bond acceptors (Lipinski definition) is 4. The number of alkyl carbamates (subject to hydrolysis) is 1. The van der Waals surface area contributed by atoms with Crippen LogP contribution in [0.3, 0.4) is 0 Å². The maximum atomic E-state index is 12.5. The number of nitrogens with one attached hydrogen (secondary N) is 2. The van der Waals surface area contributed by atoms with E-state index in [0.29, 0.717) is 12.3 Å². The van der Waals surface area contributed by atoms with E-state index in [1.54, 1.807) is 0 Å². The highest BCUT2D eigenvalue weighted by Crippen LogP contribution is 2.44. The van der Waals surface area contributed by atoms with Gasteiger partial charge in [-0.15, -0.1) is 0 Å². The molecule has 1 saturated carbocycles. The van der Waals surface area contributed by atoms with Crippen LogP contribution in [0.4, 0.5) is 4.79 Å². The average molecular weight is 422 g/mol. The van der Waals surface area contributed by atoms with E-state index in [1.165, 1.54) is 6.92 Å². The molecule has 0 spiro atoms. The predicted molar refractivity (Wildman–Crippen MR) is 115 cm³/mol. The van der Waals surface area contributed by atoms with Gasteiger partial charge in [0.05, 0.1) is 0 Å². The van der Waals surface area contributed by atoms with E-state index in [2.05, 4.69) is 22.8 Å². The molecule has 7 nitrogen and oxygen atoms in total. The molecule has 2 aromatic rings. The number of aliphatic carboxylic acids is 1. The number of carboxylic acids is 1. The highest BCUT2D eigenvalue weighted by atomic mass is 16.5. The molecule has 0 aliphatic heterocycles. The van der Waals surface area contributed by atoms with Crippen molar-refractivity contribution in [1.29, 1.82) is 0 Å². The van der Waals surface area contributed by atoms with Gasteiger partial charge in [0, 0.05) is 5.92 Å². The number of carbonyl (C=O) groups excluding carboxylic acids is 2. The highest BCUT2D eigenvalue weighted by molar-refractivity contribution is 5.89. The number of hydrogen-bond donors (Lipinski definition) is 3. The molecule has 0 aromatic heterocycles. The number of ether oxygens (including phenoxy) is 1. The van der Waals surface area contributed by atoms with Crippen molar-refractivity contribution in [2.45, 2.75) is 44.2 Å². The van der Waals surface area contributed by atoms with Gasteiger partial charge < -0.3 is 20.5 Å². The quantitative estimate of drug-likeness (QED) is 0.606. The lowest BCUT2D eigenvalue weighted by Crippen LogP contribution is -2.51. The fourth-order valence-electron chi connectivity index (χ4n) is 4.08. The Hall–Kier alpha value is -3.35. The molecular weight excluding hydrogens is 396 g/mol. The van der Waals surface area contributed by atoms with Gasteiger partial charge in [-0.1, -0.05) is 61.4 Å². The molecule has 0 bridgehead atoms. The fourth-order valence-corrected chi connectivity index (χ4v) is 4.08. The van der Waals surface area contributed by atoms with Crippen LogP contribution in [0.5, 0.6) is 0 Å². The Morgan fingerprint density at radius 1 is 1.00 bits per heavy atom. The topological polar surface area (TPSA) is 105 Å². The summed E-state index contributed by atoms with van der Waals surface area (Å²) >= 11 is 0. The van der Waals surface area contributed by atoms with Crippen molar-refractivity contribution in [2.75, 3.05) is 6.61 Å². The maximum Gasteiger partial charge on any atom is 0.407 e. The van der Waals surface area contributed by atoms with Crippen molar-refractivity contribution in [3.8, 4) is 11.1 Å². The Balaban J connectivity index is 1.40.